The molecular formula is C25H22N2O3. The van der Waals surface area contributed by atoms with Crippen LogP contribution in [0, 0.1) is 0 Å². The highest BCUT2D eigenvalue weighted by Gasteiger charge is 2.44. The van der Waals surface area contributed by atoms with E-state index in [1.165, 1.54) is 0 Å². The Morgan fingerprint density at radius 3 is 2.43 bits per heavy atom. The van der Waals surface area contributed by atoms with Gasteiger partial charge in [0, 0.05) is 40.8 Å². The summed E-state index contributed by atoms with van der Waals surface area (Å²) in [6, 6.07) is 23.4. The first-order valence-electron chi connectivity index (χ1n) is 9.83. The van der Waals surface area contributed by atoms with Gasteiger partial charge < -0.3 is 14.0 Å². The zero-order chi connectivity index (χ0) is 20.8. The molecule has 1 atom stereocenters. The minimum atomic E-state index is -0.304. The van der Waals surface area contributed by atoms with Crippen LogP contribution in [0.1, 0.15) is 27.7 Å². The fraction of sp³-hybridized carbons (Fsp3) is 0.160. The fourth-order valence-corrected chi connectivity index (χ4v) is 4.53. The highest BCUT2D eigenvalue weighted by Crippen LogP contribution is 2.48. The SMILES string of the molecule is COc1cccc(N2C(=O)c3c(c4ccccc4n3C)C2c2ccccc2OC)c1. The first-order valence-corrected chi connectivity index (χ1v) is 9.83. The number of methoxy groups -OCH3 is 2. The number of hydrogen-bond donors (Lipinski definition) is 0. The van der Waals surface area contributed by atoms with E-state index in [2.05, 4.69) is 12.1 Å². The summed E-state index contributed by atoms with van der Waals surface area (Å²) in [6.07, 6.45) is 0. The van der Waals surface area contributed by atoms with E-state index in [9.17, 15) is 4.79 Å². The Morgan fingerprint density at radius 1 is 0.867 bits per heavy atom. The largest absolute Gasteiger partial charge is 0.497 e. The van der Waals surface area contributed by atoms with E-state index in [1.807, 2.05) is 77.2 Å². The van der Waals surface area contributed by atoms with Crippen LogP contribution in [0.15, 0.2) is 72.8 Å². The molecule has 1 aliphatic rings. The van der Waals surface area contributed by atoms with Crippen LogP contribution in [0.5, 0.6) is 11.5 Å². The number of aromatic nitrogens is 1. The molecule has 1 aliphatic heterocycles. The molecule has 5 rings (SSSR count). The summed E-state index contributed by atoms with van der Waals surface area (Å²) in [5.74, 6) is 1.43. The quantitative estimate of drug-likeness (QED) is 0.489. The number of hydrogen-bond acceptors (Lipinski definition) is 3. The second kappa shape index (κ2) is 6.95. The van der Waals surface area contributed by atoms with Gasteiger partial charge in [0.1, 0.15) is 17.2 Å². The molecule has 0 aliphatic carbocycles. The lowest BCUT2D eigenvalue weighted by Crippen LogP contribution is -2.29. The lowest BCUT2D eigenvalue weighted by molar-refractivity contribution is 0.0986. The lowest BCUT2D eigenvalue weighted by atomic mass is 9.96. The van der Waals surface area contributed by atoms with Gasteiger partial charge in [-0.15, -0.1) is 0 Å². The summed E-state index contributed by atoms with van der Waals surface area (Å²) in [6.45, 7) is 0. The Bertz CT molecular complexity index is 1270. The van der Waals surface area contributed by atoms with Crippen molar-refractivity contribution in [3.8, 4) is 11.5 Å². The van der Waals surface area contributed by atoms with Gasteiger partial charge >= 0.3 is 0 Å². The second-order valence-electron chi connectivity index (χ2n) is 7.36. The van der Waals surface area contributed by atoms with Gasteiger partial charge in [0.05, 0.1) is 20.3 Å². The van der Waals surface area contributed by atoms with Crippen molar-refractivity contribution in [2.24, 2.45) is 7.05 Å². The monoisotopic (exact) mass is 398 g/mol. The molecule has 0 bridgehead atoms. The van der Waals surface area contributed by atoms with E-state index in [0.29, 0.717) is 11.4 Å². The maximum Gasteiger partial charge on any atom is 0.276 e. The summed E-state index contributed by atoms with van der Waals surface area (Å²) in [7, 11) is 5.24. The Morgan fingerprint density at radius 2 is 1.63 bits per heavy atom. The van der Waals surface area contributed by atoms with Gasteiger partial charge in [-0.3, -0.25) is 9.69 Å². The molecule has 0 radical (unpaired) electrons. The molecule has 4 aromatic rings. The third kappa shape index (κ3) is 2.52. The molecule has 5 nitrogen and oxygen atoms in total. The van der Waals surface area contributed by atoms with Gasteiger partial charge in [-0.25, -0.2) is 0 Å². The number of fused-ring (bicyclic) bond motifs is 3. The van der Waals surface area contributed by atoms with Crippen molar-refractivity contribution < 1.29 is 14.3 Å². The van der Waals surface area contributed by atoms with Gasteiger partial charge in [-0.1, -0.05) is 42.5 Å². The first kappa shape index (κ1) is 18.3. The maximum atomic E-state index is 13.8. The van der Waals surface area contributed by atoms with E-state index in [1.54, 1.807) is 14.2 Å². The number of benzene rings is 3. The van der Waals surface area contributed by atoms with E-state index in [-0.39, 0.29) is 11.9 Å². The second-order valence-corrected chi connectivity index (χ2v) is 7.36. The van der Waals surface area contributed by atoms with Crippen LogP contribution in [-0.2, 0) is 7.05 Å². The number of rotatable bonds is 4. The molecule has 1 unspecified atom stereocenters. The molecule has 0 saturated carbocycles. The van der Waals surface area contributed by atoms with Crippen LogP contribution in [-0.4, -0.2) is 24.7 Å². The molecule has 0 N–H and O–H groups in total. The van der Waals surface area contributed by atoms with Crippen molar-refractivity contribution in [3.63, 3.8) is 0 Å². The number of nitrogens with zero attached hydrogens (tertiary/aromatic N) is 2. The highest BCUT2D eigenvalue weighted by molar-refractivity contribution is 6.15. The van der Waals surface area contributed by atoms with Crippen molar-refractivity contribution in [2.45, 2.75) is 6.04 Å². The molecule has 30 heavy (non-hydrogen) atoms. The third-order valence-corrected chi connectivity index (χ3v) is 5.86. The topological polar surface area (TPSA) is 43.7 Å². The van der Waals surface area contributed by atoms with Crippen molar-refractivity contribution >= 4 is 22.5 Å². The number of carbonyl (C=O) groups is 1. The lowest BCUT2D eigenvalue weighted by Gasteiger charge is -2.28. The number of ether oxygens (including phenoxy) is 2. The average molecular weight is 398 g/mol. The Labute approximate surface area is 175 Å². The Kier molecular flexibility index (Phi) is 4.24. The van der Waals surface area contributed by atoms with Gasteiger partial charge in [-0.05, 0) is 24.3 Å². The molecule has 1 amide bonds. The minimum absolute atomic E-state index is 0.0344. The van der Waals surface area contributed by atoms with Crippen LogP contribution in [0.4, 0.5) is 5.69 Å². The van der Waals surface area contributed by atoms with Crippen LogP contribution >= 0.6 is 0 Å². The summed E-state index contributed by atoms with van der Waals surface area (Å²) in [5, 5.41) is 1.07. The number of aryl methyl sites for hydroxylation is 1. The number of carbonyl (C=O) groups excluding carboxylic acids is 1. The molecule has 3 aromatic carbocycles. The summed E-state index contributed by atoms with van der Waals surface area (Å²) in [5.41, 5.74) is 4.49. The van der Waals surface area contributed by atoms with Crippen molar-refractivity contribution in [2.75, 3.05) is 19.1 Å². The number of amides is 1. The average Bonchev–Trinajstić information content (AvgIpc) is 3.26. The molecule has 1 aromatic heterocycles. The molecule has 5 heteroatoms. The van der Waals surface area contributed by atoms with Gasteiger partial charge in [0.25, 0.3) is 5.91 Å². The first-order chi connectivity index (χ1) is 14.7. The van der Waals surface area contributed by atoms with E-state index in [0.717, 1.165) is 33.5 Å². The molecule has 0 saturated heterocycles. The highest BCUT2D eigenvalue weighted by atomic mass is 16.5. The van der Waals surface area contributed by atoms with Crippen LogP contribution in [0.25, 0.3) is 10.9 Å². The molecule has 150 valence electrons. The predicted octanol–water partition coefficient (Wildman–Crippen LogP) is 4.95. The van der Waals surface area contributed by atoms with E-state index in [4.69, 9.17) is 9.47 Å². The number of anilines is 1. The zero-order valence-corrected chi connectivity index (χ0v) is 17.1. The van der Waals surface area contributed by atoms with Crippen LogP contribution in [0.3, 0.4) is 0 Å². The van der Waals surface area contributed by atoms with E-state index >= 15 is 0 Å². The minimum Gasteiger partial charge on any atom is -0.497 e. The maximum absolute atomic E-state index is 13.8. The zero-order valence-electron chi connectivity index (χ0n) is 17.1. The van der Waals surface area contributed by atoms with Gasteiger partial charge in [0.2, 0.25) is 0 Å². The molecule has 0 fully saturated rings. The Hall–Kier alpha value is -3.73. The fourth-order valence-electron chi connectivity index (χ4n) is 4.53. The van der Waals surface area contributed by atoms with Crippen molar-refractivity contribution in [3.05, 3.63) is 89.6 Å². The molecule has 2 heterocycles. The predicted molar refractivity (Wildman–Crippen MR) is 118 cm³/mol. The molecule has 0 spiro atoms. The van der Waals surface area contributed by atoms with Crippen LogP contribution in [0.2, 0.25) is 0 Å². The van der Waals surface area contributed by atoms with Gasteiger partial charge in [0.15, 0.2) is 0 Å². The van der Waals surface area contributed by atoms with Crippen molar-refractivity contribution in [1.82, 2.24) is 4.57 Å². The third-order valence-electron chi connectivity index (χ3n) is 5.86. The Balaban J connectivity index is 1.82. The number of para-hydroxylation sites is 2. The van der Waals surface area contributed by atoms with E-state index < -0.39 is 0 Å². The van der Waals surface area contributed by atoms with Crippen LogP contribution < -0.4 is 14.4 Å². The van der Waals surface area contributed by atoms with Gasteiger partial charge in [-0.2, -0.15) is 0 Å². The summed E-state index contributed by atoms with van der Waals surface area (Å²) in [4.78, 5) is 15.6. The smallest absolute Gasteiger partial charge is 0.276 e. The summed E-state index contributed by atoms with van der Waals surface area (Å²) < 4.78 is 13.1. The normalized spacial score (nSPS) is 15.5. The van der Waals surface area contributed by atoms with Crippen molar-refractivity contribution in [1.29, 1.82) is 0 Å². The standard InChI is InChI=1S/C25H22N2O3/c1-26-20-13-6-4-11-18(20)22-23(19-12-5-7-14-21(19)30-3)27(25(28)24(22)26)16-9-8-10-17(15-16)29-2/h4-15,23H,1-3H3. The summed E-state index contributed by atoms with van der Waals surface area (Å²) >= 11 is 0. The molecular weight excluding hydrogens is 376 g/mol.